The van der Waals surface area contributed by atoms with Gasteiger partial charge in [-0.1, -0.05) is 15.9 Å². The Bertz CT molecular complexity index is 357. The molecule has 1 atom stereocenters. The number of halogens is 1. The average molecular weight is 283 g/mol. The second kappa shape index (κ2) is 5.19. The molecule has 1 aromatic carbocycles. The summed E-state index contributed by atoms with van der Waals surface area (Å²) in [6, 6.07) is 6.54. The molecule has 0 spiro atoms. The van der Waals surface area contributed by atoms with Crippen LogP contribution in [0, 0.1) is 0 Å². The standard InChI is InChI=1S/C13H19BrN2/c1-10(15)12-9-11(14)5-6-13(12)16-7-3-2-4-8-16/h5-6,9-10H,2-4,7-8,15H2,1H3. The van der Waals surface area contributed by atoms with Crippen molar-refractivity contribution in [1.29, 1.82) is 0 Å². The van der Waals surface area contributed by atoms with Crippen molar-refractivity contribution < 1.29 is 0 Å². The van der Waals surface area contributed by atoms with E-state index in [4.69, 9.17) is 5.73 Å². The van der Waals surface area contributed by atoms with Crippen LogP contribution in [0.2, 0.25) is 0 Å². The van der Waals surface area contributed by atoms with Gasteiger partial charge in [-0.2, -0.15) is 0 Å². The third-order valence-corrected chi connectivity index (χ3v) is 3.67. The molecule has 0 saturated carbocycles. The van der Waals surface area contributed by atoms with E-state index in [9.17, 15) is 0 Å². The summed E-state index contributed by atoms with van der Waals surface area (Å²) in [5.41, 5.74) is 8.61. The van der Waals surface area contributed by atoms with E-state index in [0.717, 1.165) is 4.47 Å². The van der Waals surface area contributed by atoms with Gasteiger partial charge in [0.2, 0.25) is 0 Å². The van der Waals surface area contributed by atoms with Crippen LogP contribution in [0.4, 0.5) is 5.69 Å². The van der Waals surface area contributed by atoms with Crippen molar-refractivity contribution in [2.75, 3.05) is 18.0 Å². The summed E-state index contributed by atoms with van der Waals surface area (Å²) >= 11 is 3.51. The summed E-state index contributed by atoms with van der Waals surface area (Å²) in [5.74, 6) is 0. The Morgan fingerprint density at radius 2 is 1.94 bits per heavy atom. The fraction of sp³-hybridized carbons (Fsp3) is 0.538. The van der Waals surface area contributed by atoms with E-state index in [0.29, 0.717) is 0 Å². The van der Waals surface area contributed by atoms with Crippen LogP contribution in [-0.4, -0.2) is 13.1 Å². The molecule has 1 aliphatic rings. The molecule has 0 aliphatic carbocycles. The number of piperidine rings is 1. The molecule has 2 nitrogen and oxygen atoms in total. The summed E-state index contributed by atoms with van der Waals surface area (Å²) in [6.07, 6.45) is 3.96. The molecule has 1 saturated heterocycles. The number of rotatable bonds is 2. The minimum atomic E-state index is 0.0921. The highest BCUT2D eigenvalue weighted by atomic mass is 79.9. The van der Waals surface area contributed by atoms with Crippen LogP contribution < -0.4 is 10.6 Å². The van der Waals surface area contributed by atoms with Gasteiger partial charge in [-0.3, -0.25) is 0 Å². The maximum absolute atomic E-state index is 6.04. The summed E-state index contributed by atoms with van der Waals surface area (Å²) in [4.78, 5) is 2.47. The lowest BCUT2D eigenvalue weighted by atomic mass is 10.0. The van der Waals surface area contributed by atoms with Crippen molar-refractivity contribution in [2.45, 2.75) is 32.2 Å². The first kappa shape index (κ1) is 11.9. The topological polar surface area (TPSA) is 29.3 Å². The fourth-order valence-electron chi connectivity index (χ4n) is 2.31. The molecule has 1 aliphatic heterocycles. The molecular formula is C13H19BrN2. The predicted molar refractivity (Wildman–Crippen MR) is 72.8 cm³/mol. The maximum Gasteiger partial charge on any atom is 0.0415 e. The molecule has 0 amide bonds. The molecule has 16 heavy (non-hydrogen) atoms. The summed E-state index contributed by atoms with van der Waals surface area (Å²) in [7, 11) is 0. The Kier molecular flexibility index (Phi) is 3.87. The van der Waals surface area contributed by atoms with E-state index in [1.165, 1.54) is 43.6 Å². The minimum absolute atomic E-state index is 0.0921. The summed E-state index contributed by atoms with van der Waals surface area (Å²) < 4.78 is 1.11. The molecule has 88 valence electrons. The van der Waals surface area contributed by atoms with E-state index in [2.05, 4.69) is 46.0 Å². The van der Waals surface area contributed by atoms with Crippen LogP contribution in [0.5, 0.6) is 0 Å². The van der Waals surface area contributed by atoms with E-state index >= 15 is 0 Å². The van der Waals surface area contributed by atoms with Crippen molar-refractivity contribution in [1.82, 2.24) is 0 Å². The number of nitrogens with two attached hydrogens (primary N) is 1. The van der Waals surface area contributed by atoms with Gasteiger partial charge in [-0.25, -0.2) is 0 Å². The second-order valence-corrected chi connectivity index (χ2v) is 5.46. The van der Waals surface area contributed by atoms with Crippen molar-refractivity contribution in [3.63, 3.8) is 0 Å². The van der Waals surface area contributed by atoms with E-state index in [1.54, 1.807) is 0 Å². The molecule has 0 radical (unpaired) electrons. The molecule has 0 aromatic heterocycles. The third-order valence-electron chi connectivity index (χ3n) is 3.18. The molecule has 1 aromatic rings. The van der Waals surface area contributed by atoms with Crippen LogP contribution in [0.1, 0.15) is 37.8 Å². The zero-order valence-corrected chi connectivity index (χ0v) is 11.3. The smallest absolute Gasteiger partial charge is 0.0415 e. The van der Waals surface area contributed by atoms with Gasteiger partial charge < -0.3 is 10.6 Å². The van der Waals surface area contributed by atoms with Gasteiger partial charge in [-0.15, -0.1) is 0 Å². The van der Waals surface area contributed by atoms with Gasteiger partial charge in [0.15, 0.2) is 0 Å². The highest BCUT2D eigenvalue weighted by Crippen LogP contribution is 2.30. The lowest BCUT2D eigenvalue weighted by Crippen LogP contribution is -2.30. The van der Waals surface area contributed by atoms with E-state index in [1.807, 2.05) is 0 Å². The van der Waals surface area contributed by atoms with Crippen molar-refractivity contribution >= 4 is 21.6 Å². The van der Waals surface area contributed by atoms with Gasteiger partial charge in [0.25, 0.3) is 0 Å². The largest absolute Gasteiger partial charge is 0.371 e. The first-order chi connectivity index (χ1) is 7.68. The molecule has 0 bridgehead atoms. The highest BCUT2D eigenvalue weighted by Gasteiger charge is 2.16. The maximum atomic E-state index is 6.04. The Balaban J connectivity index is 2.31. The van der Waals surface area contributed by atoms with Crippen molar-refractivity contribution in [2.24, 2.45) is 5.73 Å². The summed E-state index contributed by atoms with van der Waals surface area (Å²) in [5, 5.41) is 0. The van der Waals surface area contributed by atoms with Crippen LogP contribution in [0.25, 0.3) is 0 Å². The van der Waals surface area contributed by atoms with Gasteiger partial charge >= 0.3 is 0 Å². The lowest BCUT2D eigenvalue weighted by Gasteiger charge is -2.31. The van der Waals surface area contributed by atoms with Crippen molar-refractivity contribution in [3.05, 3.63) is 28.2 Å². The lowest BCUT2D eigenvalue weighted by molar-refractivity contribution is 0.575. The predicted octanol–water partition coefficient (Wildman–Crippen LogP) is 3.46. The van der Waals surface area contributed by atoms with Crippen LogP contribution in [-0.2, 0) is 0 Å². The SMILES string of the molecule is CC(N)c1cc(Br)ccc1N1CCCCC1. The average Bonchev–Trinajstić information content (AvgIpc) is 2.30. The number of anilines is 1. The molecule has 2 rings (SSSR count). The minimum Gasteiger partial charge on any atom is -0.371 e. The van der Waals surface area contributed by atoms with Gasteiger partial charge in [0.05, 0.1) is 0 Å². The second-order valence-electron chi connectivity index (χ2n) is 4.54. The molecule has 3 heteroatoms. The Morgan fingerprint density at radius 1 is 1.25 bits per heavy atom. The molecule has 1 heterocycles. The number of hydrogen-bond acceptors (Lipinski definition) is 2. The zero-order chi connectivity index (χ0) is 11.5. The summed E-state index contributed by atoms with van der Waals surface area (Å²) in [6.45, 7) is 4.39. The molecular weight excluding hydrogens is 264 g/mol. The van der Waals surface area contributed by atoms with Gasteiger partial charge in [0, 0.05) is 29.3 Å². The van der Waals surface area contributed by atoms with Gasteiger partial charge in [0.1, 0.15) is 0 Å². The monoisotopic (exact) mass is 282 g/mol. The Morgan fingerprint density at radius 3 is 2.56 bits per heavy atom. The van der Waals surface area contributed by atoms with Crippen LogP contribution >= 0.6 is 15.9 Å². The van der Waals surface area contributed by atoms with E-state index < -0.39 is 0 Å². The Hall–Kier alpha value is -0.540. The molecule has 1 fully saturated rings. The van der Waals surface area contributed by atoms with E-state index in [-0.39, 0.29) is 6.04 Å². The first-order valence-corrected chi connectivity index (χ1v) is 6.78. The fourth-order valence-corrected chi connectivity index (χ4v) is 2.69. The van der Waals surface area contributed by atoms with Crippen LogP contribution in [0.3, 0.4) is 0 Å². The Labute approximate surface area is 106 Å². The quantitative estimate of drug-likeness (QED) is 0.900. The van der Waals surface area contributed by atoms with Crippen LogP contribution in [0.15, 0.2) is 22.7 Å². The number of benzene rings is 1. The number of hydrogen-bond donors (Lipinski definition) is 1. The number of nitrogens with zero attached hydrogens (tertiary/aromatic N) is 1. The van der Waals surface area contributed by atoms with Gasteiger partial charge in [-0.05, 0) is 49.9 Å². The molecule has 1 unspecified atom stereocenters. The zero-order valence-electron chi connectivity index (χ0n) is 9.75. The van der Waals surface area contributed by atoms with Crippen molar-refractivity contribution in [3.8, 4) is 0 Å². The molecule has 2 N–H and O–H groups in total. The highest BCUT2D eigenvalue weighted by molar-refractivity contribution is 9.10. The first-order valence-electron chi connectivity index (χ1n) is 5.98. The third kappa shape index (κ3) is 2.58. The normalized spacial score (nSPS) is 18.6.